The second-order valence-corrected chi connectivity index (χ2v) is 4.93. The molecule has 0 aliphatic carbocycles. The Hall–Kier alpha value is -0.290. The first-order chi connectivity index (χ1) is 7.29. The molecule has 0 amide bonds. The molecular weight excluding hydrogens is 217 g/mol. The molecule has 1 heterocycles. The molecule has 96 valence electrons. The first-order valence-electron chi connectivity index (χ1n) is 5.80. The monoisotopic (exact) mass is 238 g/mol. The summed E-state index contributed by atoms with van der Waals surface area (Å²) < 4.78 is 36.0. The molecule has 0 spiro atoms. The lowest BCUT2D eigenvalue weighted by molar-refractivity contribution is -0.134. The Labute approximate surface area is 95.2 Å². The molecule has 0 saturated carbocycles. The van der Waals surface area contributed by atoms with Crippen molar-refractivity contribution in [2.75, 3.05) is 20.1 Å². The molecule has 1 saturated heterocycles. The average Bonchev–Trinajstić information content (AvgIpc) is 2.11. The molecule has 0 bridgehead atoms. The summed E-state index contributed by atoms with van der Waals surface area (Å²) in [5.74, 6) is 0.412. The normalized spacial score (nSPS) is 33.0. The van der Waals surface area contributed by atoms with Crippen molar-refractivity contribution in [1.82, 2.24) is 10.2 Å². The topological polar surface area (TPSA) is 15.3 Å². The van der Waals surface area contributed by atoms with Crippen LogP contribution in [0.25, 0.3) is 0 Å². The van der Waals surface area contributed by atoms with Crippen LogP contribution in [0.5, 0.6) is 0 Å². The first-order valence-corrected chi connectivity index (χ1v) is 5.80. The van der Waals surface area contributed by atoms with E-state index in [0.717, 1.165) is 13.0 Å². The van der Waals surface area contributed by atoms with Gasteiger partial charge in [0, 0.05) is 25.2 Å². The van der Waals surface area contributed by atoms with Gasteiger partial charge in [-0.2, -0.15) is 13.2 Å². The van der Waals surface area contributed by atoms with Gasteiger partial charge >= 0.3 is 6.18 Å². The molecule has 1 aliphatic heterocycles. The van der Waals surface area contributed by atoms with E-state index in [-0.39, 0.29) is 12.6 Å². The molecule has 1 aliphatic rings. The van der Waals surface area contributed by atoms with Gasteiger partial charge in [0.2, 0.25) is 0 Å². The minimum absolute atomic E-state index is 0.0366. The zero-order valence-electron chi connectivity index (χ0n) is 10.1. The van der Waals surface area contributed by atoms with Crippen LogP contribution in [0, 0.1) is 5.92 Å². The fraction of sp³-hybridized carbons (Fsp3) is 1.00. The summed E-state index contributed by atoms with van der Waals surface area (Å²) in [6.45, 7) is 5.19. The minimum atomic E-state index is -4.05. The van der Waals surface area contributed by atoms with Crippen LogP contribution in [0.2, 0.25) is 0 Å². The Balaban J connectivity index is 2.31. The van der Waals surface area contributed by atoms with E-state index in [4.69, 9.17) is 0 Å². The van der Waals surface area contributed by atoms with Gasteiger partial charge in [0.25, 0.3) is 0 Å². The number of halogens is 3. The zero-order valence-corrected chi connectivity index (χ0v) is 10.1. The minimum Gasteiger partial charge on any atom is -0.313 e. The zero-order chi connectivity index (χ0) is 12.3. The summed E-state index contributed by atoms with van der Waals surface area (Å²) in [6.07, 6.45) is -3.86. The number of hydrogen-bond acceptors (Lipinski definition) is 2. The van der Waals surface area contributed by atoms with Gasteiger partial charge in [0.1, 0.15) is 0 Å². The number of likely N-dealkylation sites (tertiary alicyclic amines) is 1. The molecule has 1 rings (SSSR count). The quantitative estimate of drug-likeness (QED) is 0.811. The van der Waals surface area contributed by atoms with Gasteiger partial charge in [-0.1, -0.05) is 6.92 Å². The highest BCUT2D eigenvalue weighted by Crippen LogP contribution is 2.22. The van der Waals surface area contributed by atoms with Gasteiger partial charge in [-0.05, 0) is 26.3 Å². The van der Waals surface area contributed by atoms with Crippen LogP contribution in [0.15, 0.2) is 0 Å². The Morgan fingerprint density at radius 3 is 2.50 bits per heavy atom. The highest BCUT2D eigenvalue weighted by Gasteiger charge is 2.30. The summed E-state index contributed by atoms with van der Waals surface area (Å²) >= 11 is 0. The number of rotatable bonds is 3. The van der Waals surface area contributed by atoms with Gasteiger partial charge in [0.15, 0.2) is 0 Å². The third kappa shape index (κ3) is 4.29. The van der Waals surface area contributed by atoms with Crippen LogP contribution in [-0.4, -0.2) is 43.3 Å². The van der Waals surface area contributed by atoms with Gasteiger partial charge in [-0.15, -0.1) is 0 Å². The second-order valence-electron chi connectivity index (χ2n) is 4.93. The Morgan fingerprint density at radius 2 is 1.94 bits per heavy atom. The fourth-order valence-corrected chi connectivity index (χ4v) is 2.23. The van der Waals surface area contributed by atoms with E-state index in [1.807, 2.05) is 0 Å². The summed E-state index contributed by atoms with van der Waals surface area (Å²) in [6, 6.07) is 0.660. The molecule has 2 nitrogen and oxygen atoms in total. The molecule has 0 aromatic rings. The van der Waals surface area contributed by atoms with Crippen molar-refractivity contribution in [2.24, 2.45) is 5.92 Å². The fourth-order valence-electron chi connectivity index (χ4n) is 2.23. The largest absolute Gasteiger partial charge is 0.390 e. The molecule has 0 aromatic heterocycles. The number of nitrogens with zero attached hydrogens (tertiary/aromatic N) is 1. The van der Waals surface area contributed by atoms with Crippen molar-refractivity contribution in [3.05, 3.63) is 0 Å². The molecule has 0 aromatic carbocycles. The molecule has 0 radical (unpaired) electrons. The molecule has 1 fully saturated rings. The average molecular weight is 238 g/mol. The number of piperidine rings is 1. The van der Waals surface area contributed by atoms with Crippen molar-refractivity contribution >= 4 is 0 Å². The predicted molar refractivity (Wildman–Crippen MR) is 58.3 cm³/mol. The standard InChI is InChI=1S/C11H21F3N2/c1-8-7-16(3)9(2)6-10(8)15-5-4-11(12,13)14/h8-10,15H,4-7H2,1-3H3. The van der Waals surface area contributed by atoms with E-state index in [1.54, 1.807) is 0 Å². The number of hydrogen-bond donors (Lipinski definition) is 1. The smallest absolute Gasteiger partial charge is 0.313 e. The van der Waals surface area contributed by atoms with Crippen LogP contribution in [-0.2, 0) is 0 Å². The van der Waals surface area contributed by atoms with Crippen LogP contribution in [0.1, 0.15) is 26.7 Å². The summed E-state index contributed by atoms with van der Waals surface area (Å²) in [4.78, 5) is 2.26. The molecule has 1 N–H and O–H groups in total. The summed E-state index contributed by atoms with van der Waals surface area (Å²) in [5, 5.41) is 3.03. The van der Waals surface area contributed by atoms with E-state index in [0.29, 0.717) is 12.0 Å². The van der Waals surface area contributed by atoms with Crippen molar-refractivity contribution in [2.45, 2.75) is 44.9 Å². The lowest BCUT2D eigenvalue weighted by atomic mass is 9.90. The van der Waals surface area contributed by atoms with Crippen molar-refractivity contribution in [3.63, 3.8) is 0 Å². The van der Waals surface area contributed by atoms with E-state index in [2.05, 4.69) is 31.1 Å². The summed E-state index contributed by atoms with van der Waals surface area (Å²) in [7, 11) is 2.06. The SMILES string of the molecule is CC1CN(C)C(C)CC1NCCC(F)(F)F. The van der Waals surface area contributed by atoms with E-state index >= 15 is 0 Å². The maximum Gasteiger partial charge on any atom is 0.390 e. The lowest BCUT2D eigenvalue weighted by Gasteiger charge is -2.40. The molecular formula is C11H21F3N2. The van der Waals surface area contributed by atoms with Crippen LogP contribution >= 0.6 is 0 Å². The Morgan fingerprint density at radius 1 is 1.31 bits per heavy atom. The molecule has 3 atom stereocenters. The molecule has 16 heavy (non-hydrogen) atoms. The van der Waals surface area contributed by atoms with Gasteiger partial charge in [0.05, 0.1) is 6.42 Å². The third-order valence-electron chi connectivity index (χ3n) is 3.43. The van der Waals surface area contributed by atoms with E-state index < -0.39 is 12.6 Å². The summed E-state index contributed by atoms with van der Waals surface area (Å²) in [5.41, 5.74) is 0. The first kappa shape index (κ1) is 13.8. The maximum atomic E-state index is 12.0. The third-order valence-corrected chi connectivity index (χ3v) is 3.43. The van der Waals surface area contributed by atoms with Crippen LogP contribution < -0.4 is 5.32 Å². The van der Waals surface area contributed by atoms with E-state index in [1.165, 1.54) is 0 Å². The van der Waals surface area contributed by atoms with Gasteiger partial charge in [-0.3, -0.25) is 0 Å². The highest BCUT2D eigenvalue weighted by molar-refractivity contribution is 4.86. The Kier molecular flexibility index (Phi) is 4.62. The van der Waals surface area contributed by atoms with Gasteiger partial charge < -0.3 is 10.2 Å². The van der Waals surface area contributed by atoms with Crippen molar-refractivity contribution in [3.8, 4) is 0 Å². The predicted octanol–water partition coefficient (Wildman–Crippen LogP) is 2.26. The van der Waals surface area contributed by atoms with Crippen molar-refractivity contribution < 1.29 is 13.2 Å². The molecule has 5 heteroatoms. The van der Waals surface area contributed by atoms with Crippen molar-refractivity contribution in [1.29, 1.82) is 0 Å². The van der Waals surface area contributed by atoms with E-state index in [9.17, 15) is 13.2 Å². The maximum absolute atomic E-state index is 12.0. The Bertz CT molecular complexity index is 218. The van der Waals surface area contributed by atoms with Gasteiger partial charge in [-0.25, -0.2) is 0 Å². The highest BCUT2D eigenvalue weighted by atomic mass is 19.4. The van der Waals surface area contributed by atoms with Crippen LogP contribution in [0.3, 0.4) is 0 Å². The second kappa shape index (κ2) is 5.36. The lowest BCUT2D eigenvalue weighted by Crippen LogP contribution is -2.51. The number of alkyl halides is 3. The van der Waals surface area contributed by atoms with Crippen LogP contribution in [0.4, 0.5) is 13.2 Å². The number of nitrogens with one attached hydrogen (secondary N) is 1. The molecule has 3 unspecified atom stereocenters.